The van der Waals surface area contributed by atoms with Gasteiger partial charge in [0.25, 0.3) is 0 Å². The fraction of sp³-hybridized carbons (Fsp3) is 0.200. The molecule has 0 heterocycles. The summed E-state index contributed by atoms with van der Waals surface area (Å²) in [4.78, 5) is 2.37. The van der Waals surface area contributed by atoms with E-state index in [1.54, 1.807) is 18.9 Å². The van der Waals surface area contributed by atoms with Crippen LogP contribution in [0.25, 0.3) is 0 Å². The van der Waals surface area contributed by atoms with Gasteiger partial charge in [-0.2, -0.15) is 0 Å². The molecule has 0 radical (unpaired) electrons. The van der Waals surface area contributed by atoms with Crippen LogP contribution in [0, 0.1) is 0 Å². The Morgan fingerprint density at radius 1 is 1.00 bits per heavy atom. The van der Waals surface area contributed by atoms with E-state index in [4.69, 9.17) is 10.5 Å². The van der Waals surface area contributed by atoms with E-state index >= 15 is 0 Å². The molecule has 0 atom stereocenters. The van der Waals surface area contributed by atoms with E-state index in [0.29, 0.717) is 6.54 Å². The molecule has 94 valence electrons. The van der Waals surface area contributed by atoms with Gasteiger partial charge in [0.05, 0.1) is 12.0 Å². The topological polar surface area (TPSA) is 35.2 Å². The third-order valence-electron chi connectivity index (χ3n) is 2.68. The van der Waals surface area contributed by atoms with Gasteiger partial charge in [-0.05, 0) is 36.7 Å². The normalized spacial score (nSPS) is 10.3. The van der Waals surface area contributed by atoms with Crippen molar-refractivity contribution >= 4 is 11.8 Å². The first-order valence-corrected chi connectivity index (χ1v) is 6.75. The van der Waals surface area contributed by atoms with Crippen molar-refractivity contribution in [3.8, 4) is 5.75 Å². The molecule has 2 nitrogen and oxygen atoms in total. The van der Waals surface area contributed by atoms with Gasteiger partial charge < -0.3 is 10.5 Å². The smallest absolute Gasteiger partial charge is 0.132 e. The molecule has 2 aromatic carbocycles. The Morgan fingerprint density at radius 2 is 1.67 bits per heavy atom. The van der Waals surface area contributed by atoms with Crippen LogP contribution >= 0.6 is 11.8 Å². The Hall–Kier alpha value is -1.45. The van der Waals surface area contributed by atoms with E-state index < -0.39 is 0 Å². The number of para-hydroxylation sites is 1. The second-order valence-corrected chi connectivity index (χ2v) is 4.98. The van der Waals surface area contributed by atoms with Gasteiger partial charge in [0.2, 0.25) is 0 Å². The molecule has 0 saturated carbocycles. The van der Waals surface area contributed by atoms with Crippen LogP contribution < -0.4 is 10.5 Å². The number of methoxy groups -OCH3 is 1. The first-order chi connectivity index (χ1) is 8.85. The molecule has 18 heavy (non-hydrogen) atoms. The average molecular weight is 259 g/mol. The van der Waals surface area contributed by atoms with Crippen molar-refractivity contribution in [2.75, 3.05) is 13.7 Å². The summed E-state index contributed by atoms with van der Waals surface area (Å²) in [5, 5.41) is 0. The summed E-state index contributed by atoms with van der Waals surface area (Å²) in [5.74, 6) is 0.907. The van der Waals surface area contributed by atoms with Gasteiger partial charge in [0.15, 0.2) is 0 Å². The second-order valence-electron chi connectivity index (χ2n) is 3.90. The van der Waals surface area contributed by atoms with Gasteiger partial charge >= 0.3 is 0 Å². The largest absolute Gasteiger partial charge is 0.496 e. The fourth-order valence-corrected chi connectivity index (χ4v) is 2.87. The third-order valence-corrected chi connectivity index (χ3v) is 3.85. The van der Waals surface area contributed by atoms with Crippen molar-refractivity contribution in [1.82, 2.24) is 0 Å². The van der Waals surface area contributed by atoms with Crippen molar-refractivity contribution < 1.29 is 4.74 Å². The number of nitrogens with two attached hydrogens (primary N) is 1. The Bertz CT molecular complexity index is 513. The minimum absolute atomic E-state index is 0.670. The van der Waals surface area contributed by atoms with Crippen molar-refractivity contribution in [3.63, 3.8) is 0 Å². The van der Waals surface area contributed by atoms with E-state index in [1.807, 2.05) is 18.2 Å². The number of rotatable bonds is 5. The molecule has 0 bridgehead atoms. The maximum absolute atomic E-state index is 5.64. The standard InChI is InChI=1S/C15H17NOS/c1-17-13-7-3-5-9-15(13)18-14-8-4-2-6-12(14)10-11-16/h2-9H,10-11,16H2,1H3. The predicted octanol–water partition coefficient (Wildman–Crippen LogP) is 3.35. The summed E-state index contributed by atoms with van der Waals surface area (Å²) >= 11 is 1.72. The van der Waals surface area contributed by atoms with Gasteiger partial charge in [0.1, 0.15) is 5.75 Å². The molecular weight excluding hydrogens is 242 g/mol. The molecule has 0 fully saturated rings. The van der Waals surface area contributed by atoms with Crippen molar-refractivity contribution in [1.29, 1.82) is 0 Å². The zero-order valence-corrected chi connectivity index (χ0v) is 11.2. The Kier molecular flexibility index (Phi) is 4.67. The molecule has 2 aromatic rings. The number of benzene rings is 2. The number of hydrogen-bond donors (Lipinski definition) is 1. The summed E-state index contributed by atoms with van der Waals surface area (Å²) < 4.78 is 5.37. The third kappa shape index (κ3) is 3.06. The van der Waals surface area contributed by atoms with E-state index in [0.717, 1.165) is 17.1 Å². The number of hydrogen-bond acceptors (Lipinski definition) is 3. The summed E-state index contributed by atoms with van der Waals surface area (Å²) in [7, 11) is 1.70. The lowest BCUT2D eigenvalue weighted by Crippen LogP contribution is -2.03. The average Bonchev–Trinajstić information content (AvgIpc) is 2.42. The van der Waals surface area contributed by atoms with Crippen LogP contribution in [0.5, 0.6) is 5.75 Å². The van der Waals surface area contributed by atoms with Gasteiger partial charge in [0, 0.05) is 4.90 Å². The zero-order chi connectivity index (χ0) is 12.8. The molecule has 0 aliphatic heterocycles. The fourth-order valence-electron chi connectivity index (χ4n) is 1.79. The molecular formula is C15H17NOS. The molecule has 0 aliphatic rings. The van der Waals surface area contributed by atoms with Crippen LogP contribution in [0.2, 0.25) is 0 Å². The van der Waals surface area contributed by atoms with Gasteiger partial charge in [-0.25, -0.2) is 0 Å². The highest BCUT2D eigenvalue weighted by Gasteiger charge is 2.07. The lowest BCUT2D eigenvalue weighted by molar-refractivity contribution is 0.405. The number of ether oxygens (including phenoxy) is 1. The molecule has 0 spiro atoms. The highest BCUT2D eigenvalue weighted by atomic mass is 32.2. The molecule has 0 aromatic heterocycles. The summed E-state index contributed by atoms with van der Waals surface area (Å²) in [6.45, 7) is 0.670. The minimum atomic E-state index is 0.670. The van der Waals surface area contributed by atoms with Crippen LogP contribution in [-0.4, -0.2) is 13.7 Å². The molecule has 2 N–H and O–H groups in total. The molecule has 0 unspecified atom stereocenters. The second kappa shape index (κ2) is 6.47. The van der Waals surface area contributed by atoms with E-state index in [-0.39, 0.29) is 0 Å². The van der Waals surface area contributed by atoms with Crippen LogP contribution in [0.3, 0.4) is 0 Å². The first kappa shape index (κ1) is 13.0. The lowest BCUT2D eigenvalue weighted by atomic mass is 10.1. The zero-order valence-electron chi connectivity index (χ0n) is 10.4. The van der Waals surface area contributed by atoms with Gasteiger partial charge in [-0.15, -0.1) is 0 Å². The molecule has 2 rings (SSSR count). The monoisotopic (exact) mass is 259 g/mol. The van der Waals surface area contributed by atoms with E-state index in [2.05, 4.69) is 30.3 Å². The van der Waals surface area contributed by atoms with Crippen molar-refractivity contribution in [3.05, 3.63) is 54.1 Å². The summed E-state index contributed by atoms with van der Waals surface area (Å²) in [6, 6.07) is 16.4. The van der Waals surface area contributed by atoms with Crippen LogP contribution in [-0.2, 0) is 6.42 Å². The van der Waals surface area contributed by atoms with Crippen molar-refractivity contribution in [2.24, 2.45) is 5.73 Å². The predicted molar refractivity (Wildman–Crippen MR) is 76.3 cm³/mol. The molecule has 0 saturated heterocycles. The lowest BCUT2D eigenvalue weighted by Gasteiger charge is -2.10. The van der Waals surface area contributed by atoms with Crippen LogP contribution in [0.4, 0.5) is 0 Å². The van der Waals surface area contributed by atoms with Gasteiger partial charge in [-0.1, -0.05) is 42.1 Å². The Balaban J connectivity index is 2.28. The summed E-state index contributed by atoms with van der Waals surface area (Å²) in [5.41, 5.74) is 6.93. The minimum Gasteiger partial charge on any atom is -0.496 e. The summed E-state index contributed by atoms with van der Waals surface area (Å²) in [6.07, 6.45) is 0.901. The highest BCUT2D eigenvalue weighted by molar-refractivity contribution is 7.99. The molecule has 3 heteroatoms. The quantitative estimate of drug-likeness (QED) is 0.894. The Labute approximate surface area is 112 Å². The van der Waals surface area contributed by atoms with E-state index in [1.165, 1.54) is 10.5 Å². The molecule has 0 aliphatic carbocycles. The van der Waals surface area contributed by atoms with Crippen molar-refractivity contribution in [2.45, 2.75) is 16.2 Å². The maximum Gasteiger partial charge on any atom is 0.132 e. The van der Waals surface area contributed by atoms with Crippen LogP contribution in [0.1, 0.15) is 5.56 Å². The van der Waals surface area contributed by atoms with Gasteiger partial charge in [-0.3, -0.25) is 0 Å². The SMILES string of the molecule is COc1ccccc1Sc1ccccc1CCN. The molecule has 0 amide bonds. The van der Waals surface area contributed by atoms with Crippen LogP contribution in [0.15, 0.2) is 58.3 Å². The maximum atomic E-state index is 5.64. The highest BCUT2D eigenvalue weighted by Crippen LogP contribution is 2.36. The van der Waals surface area contributed by atoms with E-state index in [9.17, 15) is 0 Å². The first-order valence-electron chi connectivity index (χ1n) is 5.94. The Morgan fingerprint density at radius 3 is 2.39 bits per heavy atom.